The lowest BCUT2D eigenvalue weighted by molar-refractivity contribution is -0.153. The van der Waals surface area contributed by atoms with E-state index >= 15 is 0 Å². The third-order valence-electron chi connectivity index (χ3n) is 8.17. The molecule has 44 heavy (non-hydrogen) atoms. The van der Waals surface area contributed by atoms with E-state index in [9.17, 15) is 14.4 Å². The Hall–Kier alpha value is -4.21. The minimum Gasteiger partial charge on any atom is -0.493 e. The van der Waals surface area contributed by atoms with Crippen molar-refractivity contribution in [3.05, 3.63) is 78.4 Å². The first-order valence-electron chi connectivity index (χ1n) is 15.3. The maximum Gasteiger partial charge on any atom is 0.262 e. The van der Waals surface area contributed by atoms with Gasteiger partial charge in [-0.2, -0.15) is 0 Å². The van der Waals surface area contributed by atoms with E-state index in [1.54, 1.807) is 4.90 Å². The van der Waals surface area contributed by atoms with E-state index in [0.717, 1.165) is 41.7 Å². The number of nitrogens with zero attached hydrogens (tertiary/aromatic N) is 2. The number of methoxy groups -OCH3 is 2. The van der Waals surface area contributed by atoms with Crippen molar-refractivity contribution in [2.75, 3.05) is 32.3 Å². The van der Waals surface area contributed by atoms with Crippen molar-refractivity contribution in [3.63, 3.8) is 0 Å². The van der Waals surface area contributed by atoms with Crippen LogP contribution in [-0.2, 0) is 23.9 Å². The molecule has 0 bridgehead atoms. The molecule has 0 spiro atoms. The van der Waals surface area contributed by atoms with Gasteiger partial charge in [-0.1, -0.05) is 69.2 Å². The van der Waals surface area contributed by atoms with Gasteiger partial charge in [0.05, 0.1) is 19.3 Å². The first-order valence-corrected chi connectivity index (χ1v) is 15.3. The van der Waals surface area contributed by atoms with Gasteiger partial charge in [-0.3, -0.25) is 19.3 Å². The molecule has 2 saturated heterocycles. The fourth-order valence-electron chi connectivity index (χ4n) is 5.77. The molecule has 1 unspecified atom stereocenters. The Morgan fingerprint density at radius 3 is 1.82 bits per heavy atom. The number of likely N-dealkylation sites (tertiary alicyclic amines) is 1. The molecule has 0 aliphatic carbocycles. The molecule has 3 aromatic carbocycles. The number of hydrogen-bond donors (Lipinski definition) is 0. The molecule has 5 rings (SSSR count). The highest BCUT2D eigenvalue weighted by atomic mass is 16.5. The number of carbonyl (C=O) groups excluding carboxylic acids is 3. The lowest BCUT2D eigenvalue weighted by atomic mass is 9.85. The van der Waals surface area contributed by atoms with Crippen LogP contribution in [0.3, 0.4) is 0 Å². The lowest BCUT2D eigenvalue weighted by Gasteiger charge is -2.50. The van der Waals surface area contributed by atoms with Gasteiger partial charge in [0.2, 0.25) is 0 Å². The van der Waals surface area contributed by atoms with E-state index in [4.69, 9.17) is 18.9 Å². The number of carbonyl (C=O) groups is 3. The molecule has 2 fully saturated rings. The molecule has 232 valence electrons. The van der Waals surface area contributed by atoms with Gasteiger partial charge in [-0.25, -0.2) is 0 Å². The molecule has 3 aromatic rings. The van der Waals surface area contributed by atoms with Gasteiger partial charge in [0, 0.05) is 31.5 Å². The minimum absolute atomic E-state index is 0.376. The van der Waals surface area contributed by atoms with E-state index in [0.29, 0.717) is 36.0 Å². The number of hydrogen-bond acceptors (Lipinski definition) is 7. The minimum atomic E-state index is -1.13. The number of imide groups is 1. The van der Waals surface area contributed by atoms with Crippen molar-refractivity contribution in [1.29, 1.82) is 0 Å². The van der Waals surface area contributed by atoms with Gasteiger partial charge in [0.1, 0.15) is 17.5 Å². The molecule has 9 heteroatoms. The van der Waals surface area contributed by atoms with Crippen LogP contribution >= 0.6 is 0 Å². The Morgan fingerprint density at radius 2 is 1.23 bits per heavy atom. The van der Waals surface area contributed by atoms with E-state index < -0.39 is 36.1 Å². The number of rotatable bonds is 14. The summed E-state index contributed by atoms with van der Waals surface area (Å²) in [4.78, 5) is 43.6. The van der Waals surface area contributed by atoms with Crippen LogP contribution in [0.5, 0.6) is 11.5 Å². The number of β-lactam (4-membered cyclic amide) rings is 1. The summed E-state index contributed by atoms with van der Waals surface area (Å²) in [5.74, 6) is -0.369. The summed E-state index contributed by atoms with van der Waals surface area (Å²) in [7, 11) is 2.70. The van der Waals surface area contributed by atoms with Gasteiger partial charge in [0.25, 0.3) is 17.7 Å². The van der Waals surface area contributed by atoms with Gasteiger partial charge in [0.15, 0.2) is 12.2 Å². The second-order valence-electron chi connectivity index (χ2n) is 11.0. The zero-order chi connectivity index (χ0) is 31.2. The maximum absolute atomic E-state index is 14.0. The molecule has 0 N–H and O–H groups in total. The van der Waals surface area contributed by atoms with Crippen molar-refractivity contribution in [2.24, 2.45) is 0 Å². The Bertz CT molecular complexity index is 1440. The highest BCUT2D eigenvalue weighted by Crippen LogP contribution is 2.47. The quantitative estimate of drug-likeness (QED) is 0.136. The average Bonchev–Trinajstić information content (AvgIpc) is 3.29. The third kappa shape index (κ3) is 5.94. The van der Waals surface area contributed by atoms with Crippen LogP contribution in [0.4, 0.5) is 5.69 Å². The van der Waals surface area contributed by atoms with Crippen molar-refractivity contribution in [1.82, 2.24) is 4.90 Å². The van der Waals surface area contributed by atoms with Gasteiger partial charge in [-0.05, 0) is 48.2 Å². The molecule has 0 saturated carbocycles. The fourth-order valence-corrected chi connectivity index (χ4v) is 5.77. The first-order chi connectivity index (χ1) is 21.4. The smallest absolute Gasteiger partial charge is 0.262 e. The summed E-state index contributed by atoms with van der Waals surface area (Å²) >= 11 is 0. The van der Waals surface area contributed by atoms with E-state index in [1.165, 1.54) is 14.2 Å². The van der Waals surface area contributed by atoms with Crippen molar-refractivity contribution < 1.29 is 33.3 Å². The normalized spacial score (nSPS) is 21.5. The van der Waals surface area contributed by atoms with Crippen LogP contribution in [-0.4, -0.2) is 68.3 Å². The molecule has 2 heterocycles. The fraction of sp³-hybridized carbons (Fsp3) is 0.400. The number of amides is 3. The lowest BCUT2D eigenvalue weighted by Crippen LogP contribution is -2.67. The maximum atomic E-state index is 14.0. The van der Waals surface area contributed by atoms with Gasteiger partial charge in [-0.15, -0.1) is 0 Å². The largest absolute Gasteiger partial charge is 0.493 e. The van der Waals surface area contributed by atoms with Crippen LogP contribution in [0, 0.1) is 0 Å². The molecular formula is C35H40N2O7. The van der Waals surface area contributed by atoms with Crippen molar-refractivity contribution in [2.45, 2.75) is 63.8 Å². The number of unbranched alkanes of at least 4 members (excludes halogenated alkanes) is 2. The monoisotopic (exact) mass is 600 g/mol. The Morgan fingerprint density at radius 1 is 0.636 bits per heavy atom. The second kappa shape index (κ2) is 14.1. The predicted octanol–water partition coefficient (Wildman–Crippen LogP) is 5.57. The Balaban J connectivity index is 1.56. The summed E-state index contributed by atoms with van der Waals surface area (Å²) in [6.07, 6.45) is 1.45. The molecule has 2 aliphatic heterocycles. The zero-order valence-electron chi connectivity index (χ0n) is 25.7. The Kier molecular flexibility index (Phi) is 9.97. The summed E-state index contributed by atoms with van der Waals surface area (Å²) < 4.78 is 22.9. The zero-order valence-corrected chi connectivity index (χ0v) is 25.7. The van der Waals surface area contributed by atoms with Crippen LogP contribution in [0.15, 0.2) is 72.8 Å². The van der Waals surface area contributed by atoms with Crippen LogP contribution < -0.4 is 14.4 Å². The third-order valence-corrected chi connectivity index (χ3v) is 8.17. The van der Waals surface area contributed by atoms with E-state index in [2.05, 4.69) is 13.8 Å². The molecule has 0 aromatic heterocycles. The number of benzene rings is 3. The van der Waals surface area contributed by atoms with Gasteiger partial charge >= 0.3 is 0 Å². The van der Waals surface area contributed by atoms with E-state index in [-0.39, 0.29) is 5.91 Å². The topological polar surface area (TPSA) is 94.6 Å². The highest BCUT2D eigenvalue weighted by Gasteiger charge is 2.61. The highest BCUT2D eigenvalue weighted by molar-refractivity contribution is 6.16. The van der Waals surface area contributed by atoms with Crippen LogP contribution in [0.25, 0.3) is 11.1 Å². The number of ether oxygens (including phenoxy) is 4. The predicted molar refractivity (Wildman–Crippen MR) is 167 cm³/mol. The molecule has 2 aliphatic rings. The molecule has 3 amide bonds. The van der Waals surface area contributed by atoms with Crippen molar-refractivity contribution >= 4 is 23.4 Å². The van der Waals surface area contributed by atoms with Crippen molar-refractivity contribution in [3.8, 4) is 22.6 Å². The second-order valence-corrected chi connectivity index (χ2v) is 11.0. The molecule has 0 radical (unpaired) electrons. The molecular weight excluding hydrogens is 560 g/mol. The van der Waals surface area contributed by atoms with E-state index in [1.807, 2.05) is 72.8 Å². The molecule has 4 atom stereocenters. The first kappa shape index (κ1) is 31.2. The van der Waals surface area contributed by atoms with Crippen LogP contribution in [0.2, 0.25) is 0 Å². The summed E-state index contributed by atoms with van der Waals surface area (Å²) in [6, 6.07) is 21.4. The van der Waals surface area contributed by atoms with Gasteiger partial charge < -0.3 is 23.8 Å². The molecule has 9 nitrogen and oxygen atoms in total. The average molecular weight is 601 g/mol. The summed E-state index contributed by atoms with van der Waals surface area (Å²) in [6.45, 7) is 5.23. The number of anilines is 1. The standard InChI is InChI=1S/C35H40N2O7/c1-5-7-20-43-26-18-19-27(28(22-26)44-21-8-6-2)29-30(37-34(39)31(41-3)32(42-4)35(37)40)33(38)36(29)25-16-14-24(15-17-25)23-12-10-9-11-13-23/h9-19,22,29-32H,5-8,20-21H2,1-4H3/t29-,30?,31-,32-/m1/s1. The SMILES string of the molecule is CCCCOc1ccc([C@@H]2C(N3C(=O)[C@H](OC)[C@@H](OC)C3=O)C(=O)N2c2ccc(-c3ccccc3)cc2)c(OCCCC)c1. The van der Waals surface area contributed by atoms with Crippen LogP contribution in [0.1, 0.15) is 51.1 Å². The Labute approximate surface area is 258 Å². The summed E-state index contributed by atoms with van der Waals surface area (Å²) in [5.41, 5.74) is 3.38. The summed E-state index contributed by atoms with van der Waals surface area (Å²) in [5, 5.41) is 0.